The molecule has 0 aliphatic rings. The number of halogens is 5. The van der Waals surface area contributed by atoms with Gasteiger partial charge in [0.05, 0.1) is 29.1 Å². The molecule has 0 fully saturated rings. The Kier molecular flexibility index (Phi) is 7.85. The molecule has 2 N–H and O–H groups in total. The van der Waals surface area contributed by atoms with Crippen molar-refractivity contribution in [3.05, 3.63) is 81.7 Å². The van der Waals surface area contributed by atoms with Gasteiger partial charge in [-0.15, -0.1) is 0 Å². The summed E-state index contributed by atoms with van der Waals surface area (Å²) in [5.74, 6) is -2.07. The topological polar surface area (TPSA) is 93.6 Å². The van der Waals surface area contributed by atoms with Crippen molar-refractivity contribution in [2.75, 3.05) is 12.4 Å². The first-order valence-electron chi connectivity index (χ1n) is 9.44. The van der Waals surface area contributed by atoms with Gasteiger partial charge >= 0.3 is 12.1 Å². The summed E-state index contributed by atoms with van der Waals surface area (Å²) in [6.07, 6.45) is -3.74. The Labute approximate surface area is 201 Å². The minimum atomic E-state index is -4.79. The third kappa shape index (κ3) is 6.09. The number of hydrogen-bond donors (Lipinski definition) is 2. The predicted octanol–water partition coefficient (Wildman–Crippen LogP) is 6.20. The number of ether oxygens (including phenoxy) is 2. The molecule has 0 bridgehead atoms. The zero-order chi connectivity index (χ0) is 24.9. The van der Waals surface area contributed by atoms with Crippen LogP contribution in [0.25, 0.3) is 5.57 Å². The van der Waals surface area contributed by atoms with Gasteiger partial charge in [0, 0.05) is 6.07 Å². The van der Waals surface area contributed by atoms with E-state index in [1.54, 1.807) is 24.3 Å². The molecule has 2 aromatic carbocycles. The lowest BCUT2D eigenvalue weighted by atomic mass is 10.0. The molecule has 3 aromatic rings. The Morgan fingerprint density at radius 2 is 1.88 bits per heavy atom. The quantitative estimate of drug-likeness (QED) is 0.273. The van der Waals surface area contributed by atoms with Crippen LogP contribution in [0.5, 0.6) is 5.88 Å². The molecule has 12 heteroatoms. The maximum atomic E-state index is 13.4. The van der Waals surface area contributed by atoms with Gasteiger partial charge in [0.25, 0.3) is 0 Å². The second-order valence-electron chi connectivity index (χ2n) is 6.66. The minimum absolute atomic E-state index is 0.0766. The minimum Gasteiger partial charge on any atom is -0.503 e. The molecule has 178 valence electrons. The normalized spacial score (nSPS) is 11.8. The van der Waals surface area contributed by atoms with E-state index in [0.29, 0.717) is 11.6 Å². The van der Waals surface area contributed by atoms with Gasteiger partial charge in [-0.05, 0) is 23.3 Å². The molecule has 0 spiro atoms. The molecule has 7 nitrogen and oxygen atoms in total. The molecule has 34 heavy (non-hydrogen) atoms. The Morgan fingerprint density at radius 3 is 2.56 bits per heavy atom. The number of nitrogens with one attached hydrogen (secondary N) is 1. The first-order valence-corrected chi connectivity index (χ1v) is 10.2. The summed E-state index contributed by atoms with van der Waals surface area (Å²) in [7, 11) is 1.29. The fourth-order valence-corrected chi connectivity index (χ4v) is 3.18. The highest BCUT2D eigenvalue weighted by Crippen LogP contribution is 2.34. The molecular formula is C22H16Cl2F3N3O4. The van der Waals surface area contributed by atoms with Gasteiger partial charge in [0.15, 0.2) is 5.69 Å². The predicted molar refractivity (Wildman–Crippen MR) is 120 cm³/mol. The van der Waals surface area contributed by atoms with E-state index >= 15 is 0 Å². The van der Waals surface area contributed by atoms with E-state index in [1.165, 1.54) is 25.3 Å². The van der Waals surface area contributed by atoms with Gasteiger partial charge in [-0.3, -0.25) is 0 Å². The number of rotatable bonds is 8. The van der Waals surface area contributed by atoms with Crippen LogP contribution in [-0.2, 0) is 22.3 Å². The highest BCUT2D eigenvalue weighted by Gasteiger charge is 2.34. The summed E-state index contributed by atoms with van der Waals surface area (Å²) in [5.41, 5.74) is -0.561. The average molecular weight is 514 g/mol. The van der Waals surface area contributed by atoms with Crippen molar-refractivity contribution in [2.24, 2.45) is 0 Å². The van der Waals surface area contributed by atoms with Crippen molar-refractivity contribution >= 4 is 46.4 Å². The number of carboxylic acid groups (broad SMARTS) is 1. The van der Waals surface area contributed by atoms with E-state index in [9.17, 15) is 23.1 Å². The van der Waals surface area contributed by atoms with Crippen LogP contribution in [0.4, 0.5) is 24.8 Å². The standard InChI is InChI=1S/C22H16Cl2F3N3O4/c1-33-11-14(20(31)32)13-6-3-2-5-12(13)10-34-18-9-17(22(25,26)27)29-21(30-18)28-16-8-4-7-15(23)19(16)24/h2-9,11H,10H2,1H3,(H,31,32)(H,28,29,30)/b14-11+. The molecule has 0 atom stereocenters. The molecule has 0 aliphatic heterocycles. The Hall–Kier alpha value is -3.50. The van der Waals surface area contributed by atoms with E-state index in [4.69, 9.17) is 32.7 Å². The molecule has 3 rings (SSSR count). The van der Waals surface area contributed by atoms with Crippen LogP contribution in [0.1, 0.15) is 16.8 Å². The smallest absolute Gasteiger partial charge is 0.433 e. The summed E-state index contributed by atoms with van der Waals surface area (Å²) < 4.78 is 50.6. The molecule has 0 saturated carbocycles. The summed E-state index contributed by atoms with van der Waals surface area (Å²) >= 11 is 12.0. The number of hydrogen-bond acceptors (Lipinski definition) is 6. The summed E-state index contributed by atoms with van der Waals surface area (Å²) in [6.45, 7) is -0.282. The maximum absolute atomic E-state index is 13.4. The monoisotopic (exact) mass is 513 g/mol. The number of aliphatic carboxylic acids is 1. The maximum Gasteiger partial charge on any atom is 0.433 e. The van der Waals surface area contributed by atoms with Crippen LogP contribution in [0, 0.1) is 0 Å². The molecule has 1 aromatic heterocycles. The second-order valence-corrected chi connectivity index (χ2v) is 7.44. The molecule has 1 heterocycles. The van der Waals surface area contributed by atoms with Crippen molar-refractivity contribution in [3.63, 3.8) is 0 Å². The van der Waals surface area contributed by atoms with E-state index < -0.39 is 29.7 Å². The van der Waals surface area contributed by atoms with E-state index in [0.717, 1.165) is 6.26 Å². The van der Waals surface area contributed by atoms with Crippen LogP contribution < -0.4 is 10.1 Å². The van der Waals surface area contributed by atoms with E-state index in [-0.39, 0.29) is 33.5 Å². The zero-order valence-electron chi connectivity index (χ0n) is 17.4. The fourth-order valence-electron chi connectivity index (χ4n) is 2.83. The van der Waals surface area contributed by atoms with Gasteiger partial charge in [0.2, 0.25) is 11.8 Å². The Bertz CT molecular complexity index is 1240. The van der Waals surface area contributed by atoms with Crippen LogP contribution >= 0.6 is 23.2 Å². The number of nitrogens with zero attached hydrogens (tertiary/aromatic N) is 2. The summed E-state index contributed by atoms with van der Waals surface area (Å²) in [4.78, 5) is 19.0. The van der Waals surface area contributed by atoms with E-state index in [1.807, 2.05) is 0 Å². The lowest BCUT2D eigenvalue weighted by Gasteiger charge is -2.14. The van der Waals surface area contributed by atoms with Gasteiger partial charge in [0.1, 0.15) is 12.2 Å². The number of anilines is 2. The van der Waals surface area contributed by atoms with Gasteiger partial charge < -0.3 is 19.9 Å². The third-order valence-corrected chi connectivity index (χ3v) is 5.16. The molecular weight excluding hydrogens is 498 g/mol. The fraction of sp³-hybridized carbons (Fsp3) is 0.136. The van der Waals surface area contributed by atoms with Crippen molar-refractivity contribution in [2.45, 2.75) is 12.8 Å². The molecule has 0 saturated heterocycles. The van der Waals surface area contributed by atoms with Crippen LogP contribution in [0.3, 0.4) is 0 Å². The third-order valence-electron chi connectivity index (χ3n) is 4.34. The molecule has 0 aliphatic carbocycles. The lowest BCUT2D eigenvalue weighted by Crippen LogP contribution is -2.12. The average Bonchev–Trinajstić information content (AvgIpc) is 2.78. The second kappa shape index (κ2) is 10.6. The SMILES string of the molecule is CO/C=C(/C(=O)O)c1ccccc1COc1cc(C(F)(F)F)nc(Nc2cccc(Cl)c2Cl)n1. The van der Waals surface area contributed by atoms with Gasteiger partial charge in [-0.2, -0.15) is 18.2 Å². The Balaban J connectivity index is 1.94. The molecule has 0 unspecified atom stereocenters. The number of methoxy groups -OCH3 is 1. The first-order chi connectivity index (χ1) is 16.1. The van der Waals surface area contributed by atoms with Crippen LogP contribution in [-0.4, -0.2) is 28.2 Å². The summed E-state index contributed by atoms with van der Waals surface area (Å²) in [5, 5.41) is 12.3. The number of alkyl halides is 3. The lowest BCUT2D eigenvalue weighted by molar-refractivity contribution is -0.141. The van der Waals surface area contributed by atoms with Crippen molar-refractivity contribution in [1.82, 2.24) is 9.97 Å². The van der Waals surface area contributed by atoms with Crippen LogP contribution in [0.15, 0.2) is 54.8 Å². The zero-order valence-corrected chi connectivity index (χ0v) is 18.9. The van der Waals surface area contributed by atoms with Crippen LogP contribution in [0.2, 0.25) is 10.0 Å². The highest BCUT2D eigenvalue weighted by atomic mass is 35.5. The number of carboxylic acids is 1. The van der Waals surface area contributed by atoms with Gasteiger partial charge in [-0.1, -0.05) is 53.5 Å². The number of aromatic nitrogens is 2. The first kappa shape index (κ1) is 25.1. The summed E-state index contributed by atoms with van der Waals surface area (Å²) in [6, 6.07) is 11.5. The van der Waals surface area contributed by atoms with Gasteiger partial charge in [-0.25, -0.2) is 9.78 Å². The van der Waals surface area contributed by atoms with Crippen molar-refractivity contribution in [1.29, 1.82) is 0 Å². The highest BCUT2D eigenvalue weighted by molar-refractivity contribution is 6.43. The van der Waals surface area contributed by atoms with Crippen molar-refractivity contribution < 1.29 is 32.5 Å². The van der Waals surface area contributed by atoms with Crippen molar-refractivity contribution in [3.8, 4) is 5.88 Å². The largest absolute Gasteiger partial charge is 0.503 e. The molecule has 0 radical (unpaired) electrons. The Morgan fingerprint density at radius 1 is 1.15 bits per heavy atom. The van der Waals surface area contributed by atoms with E-state index in [2.05, 4.69) is 15.3 Å². The number of carbonyl (C=O) groups is 1. The number of benzene rings is 2. The molecule has 0 amide bonds.